The van der Waals surface area contributed by atoms with Crippen molar-refractivity contribution in [3.63, 3.8) is 0 Å². The molecule has 0 heteroatoms. The Morgan fingerprint density at radius 3 is 2.14 bits per heavy atom. The zero-order chi connectivity index (χ0) is 15.4. The van der Waals surface area contributed by atoms with Crippen LogP contribution in [0.3, 0.4) is 0 Å². The summed E-state index contributed by atoms with van der Waals surface area (Å²) < 4.78 is 0. The molecule has 0 fully saturated rings. The molecule has 0 heterocycles. The monoisotopic (exact) mass is 286 g/mol. The summed E-state index contributed by atoms with van der Waals surface area (Å²) in [5.74, 6) is 0.525. The molecule has 0 aliphatic heterocycles. The summed E-state index contributed by atoms with van der Waals surface area (Å²) in [6, 6.07) is 19.5. The largest absolute Gasteiger partial charge is 0.0622 e. The van der Waals surface area contributed by atoms with Gasteiger partial charge in [0.25, 0.3) is 0 Å². The highest BCUT2D eigenvalue weighted by molar-refractivity contribution is 5.78. The fourth-order valence-electron chi connectivity index (χ4n) is 3.00. The van der Waals surface area contributed by atoms with Gasteiger partial charge in [0.2, 0.25) is 0 Å². The fraction of sp³-hybridized carbons (Fsp3) is 0.182. The number of benzene rings is 2. The molecule has 0 saturated carbocycles. The minimum absolute atomic E-state index is 0.525. The first-order valence-electron chi connectivity index (χ1n) is 7.97. The minimum atomic E-state index is 0.525. The molecule has 1 aliphatic carbocycles. The van der Waals surface area contributed by atoms with Crippen molar-refractivity contribution in [1.29, 1.82) is 0 Å². The van der Waals surface area contributed by atoms with E-state index in [1.165, 1.54) is 27.8 Å². The van der Waals surface area contributed by atoms with Gasteiger partial charge < -0.3 is 0 Å². The molecule has 0 bridgehead atoms. The first-order valence-corrected chi connectivity index (χ1v) is 7.97. The van der Waals surface area contributed by atoms with Crippen molar-refractivity contribution in [2.24, 2.45) is 0 Å². The van der Waals surface area contributed by atoms with Gasteiger partial charge in [-0.25, -0.2) is 0 Å². The van der Waals surface area contributed by atoms with Gasteiger partial charge in [-0.2, -0.15) is 0 Å². The van der Waals surface area contributed by atoms with Crippen molar-refractivity contribution in [3.05, 3.63) is 101 Å². The maximum absolute atomic E-state index is 2.27. The van der Waals surface area contributed by atoms with Crippen molar-refractivity contribution >= 4 is 5.57 Å². The first kappa shape index (κ1) is 14.6. The van der Waals surface area contributed by atoms with Gasteiger partial charge in [-0.15, -0.1) is 0 Å². The molecular weight excluding hydrogens is 264 g/mol. The minimum Gasteiger partial charge on any atom is -0.0622 e. The average molecular weight is 286 g/mol. The first-order chi connectivity index (χ1) is 10.8. The molecule has 0 amide bonds. The number of hydrogen-bond donors (Lipinski definition) is 0. The van der Waals surface area contributed by atoms with Gasteiger partial charge in [-0.3, -0.25) is 0 Å². The number of allylic oxidation sites excluding steroid dienone is 6. The summed E-state index contributed by atoms with van der Waals surface area (Å²) in [6.07, 6.45) is 9.65. The second-order valence-electron chi connectivity index (χ2n) is 6.06. The second-order valence-corrected chi connectivity index (χ2v) is 6.06. The molecule has 0 nitrogen and oxygen atoms in total. The summed E-state index contributed by atoms with van der Waals surface area (Å²) in [5.41, 5.74) is 6.91. The maximum atomic E-state index is 2.27. The number of rotatable bonds is 4. The van der Waals surface area contributed by atoms with Crippen molar-refractivity contribution in [1.82, 2.24) is 0 Å². The highest BCUT2D eigenvalue weighted by Crippen LogP contribution is 2.32. The summed E-state index contributed by atoms with van der Waals surface area (Å²) in [4.78, 5) is 0. The molecule has 2 aromatic rings. The van der Waals surface area contributed by atoms with E-state index in [9.17, 15) is 0 Å². The van der Waals surface area contributed by atoms with Crippen LogP contribution >= 0.6 is 0 Å². The van der Waals surface area contributed by atoms with E-state index in [1.807, 2.05) is 0 Å². The summed E-state index contributed by atoms with van der Waals surface area (Å²) in [5, 5.41) is 0. The molecule has 0 aromatic heterocycles. The lowest BCUT2D eigenvalue weighted by molar-refractivity contribution is 0.861. The summed E-state index contributed by atoms with van der Waals surface area (Å²) in [7, 11) is 0. The predicted octanol–water partition coefficient (Wildman–Crippen LogP) is 5.93. The molecule has 0 atom stereocenters. The van der Waals surface area contributed by atoms with Crippen molar-refractivity contribution in [3.8, 4) is 0 Å². The van der Waals surface area contributed by atoms with E-state index in [0.29, 0.717) is 5.92 Å². The van der Waals surface area contributed by atoms with Crippen molar-refractivity contribution < 1.29 is 0 Å². The van der Waals surface area contributed by atoms with Crippen LogP contribution in [0.4, 0.5) is 0 Å². The SMILES string of the molecule is CC(C)c1ccccc1C(Cc1ccccc1)=C1C=CC=C1. The quantitative estimate of drug-likeness (QED) is 0.653. The molecule has 0 unspecified atom stereocenters. The summed E-state index contributed by atoms with van der Waals surface area (Å²) >= 11 is 0. The fourth-order valence-corrected chi connectivity index (χ4v) is 3.00. The molecule has 3 rings (SSSR count). The van der Waals surface area contributed by atoms with E-state index in [2.05, 4.69) is 92.7 Å². The van der Waals surface area contributed by atoms with Crippen LogP contribution in [0.2, 0.25) is 0 Å². The van der Waals surface area contributed by atoms with Gasteiger partial charge in [0.15, 0.2) is 0 Å². The maximum Gasteiger partial charge on any atom is -0.00138 e. The van der Waals surface area contributed by atoms with E-state index < -0.39 is 0 Å². The standard InChI is InChI=1S/C22H22/c1-17(2)20-14-8-9-15-21(20)22(19-12-6-7-13-19)16-18-10-4-3-5-11-18/h3-15,17H,16H2,1-2H3. The third kappa shape index (κ3) is 3.12. The number of hydrogen-bond acceptors (Lipinski definition) is 0. The Balaban J connectivity index is 2.10. The van der Waals surface area contributed by atoms with Crippen LogP contribution in [-0.2, 0) is 6.42 Å². The molecule has 22 heavy (non-hydrogen) atoms. The third-order valence-corrected chi connectivity index (χ3v) is 4.14. The Kier molecular flexibility index (Phi) is 4.39. The Hall–Kier alpha value is -2.34. The molecule has 0 spiro atoms. The normalized spacial score (nSPS) is 13.1. The van der Waals surface area contributed by atoms with Gasteiger partial charge >= 0.3 is 0 Å². The Morgan fingerprint density at radius 2 is 1.45 bits per heavy atom. The van der Waals surface area contributed by atoms with Crippen LogP contribution < -0.4 is 0 Å². The molecule has 0 radical (unpaired) electrons. The topological polar surface area (TPSA) is 0 Å². The van der Waals surface area contributed by atoms with E-state index in [1.54, 1.807) is 0 Å². The Morgan fingerprint density at radius 1 is 0.818 bits per heavy atom. The molecular formula is C22H22. The molecule has 110 valence electrons. The average Bonchev–Trinajstić information content (AvgIpc) is 3.08. The van der Waals surface area contributed by atoms with Crippen LogP contribution in [-0.4, -0.2) is 0 Å². The molecule has 1 aliphatic rings. The predicted molar refractivity (Wildman–Crippen MR) is 95.9 cm³/mol. The highest BCUT2D eigenvalue weighted by Gasteiger charge is 2.14. The molecule has 2 aromatic carbocycles. The zero-order valence-electron chi connectivity index (χ0n) is 13.3. The van der Waals surface area contributed by atoms with E-state index in [4.69, 9.17) is 0 Å². The van der Waals surface area contributed by atoms with Crippen LogP contribution in [0.5, 0.6) is 0 Å². The van der Waals surface area contributed by atoms with Crippen molar-refractivity contribution in [2.45, 2.75) is 26.2 Å². The lowest BCUT2D eigenvalue weighted by atomic mass is 9.87. The van der Waals surface area contributed by atoms with Crippen LogP contribution in [0.1, 0.15) is 36.5 Å². The van der Waals surface area contributed by atoms with Gasteiger partial charge in [0, 0.05) is 0 Å². The lowest BCUT2D eigenvalue weighted by Gasteiger charge is -2.17. The Bertz CT molecular complexity index is 714. The highest BCUT2D eigenvalue weighted by atomic mass is 14.2. The van der Waals surface area contributed by atoms with Crippen LogP contribution in [0.25, 0.3) is 5.57 Å². The zero-order valence-corrected chi connectivity index (χ0v) is 13.3. The summed E-state index contributed by atoms with van der Waals surface area (Å²) in [6.45, 7) is 4.54. The van der Waals surface area contributed by atoms with Crippen LogP contribution in [0, 0.1) is 0 Å². The second kappa shape index (κ2) is 6.62. The Labute approximate surface area is 133 Å². The molecule has 0 saturated heterocycles. The van der Waals surface area contributed by atoms with Gasteiger partial charge in [0.05, 0.1) is 0 Å². The van der Waals surface area contributed by atoms with E-state index in [0.717, 1.165) is 6.42 Å². The lowest BCUT2D eigenvalue weighted by Crippen LogP contribution is -2.00. The van der Waals surface area contributed by atoms with E-state index in [-0.39, 0.29) is 0 Å². The van der Waals surface area contributed by atoms with Gasteiger partial charge in [-0.1, -0.05) is 92.7 Å². The smallest absolute Gasteiger partial charge is 0.00138 e. The third-order valence-electron chi connectivity index (χ3n) is 4.14. The van der Waals surface area contributed by atoms with Crippen molar-refractivity contribution in [2.75, 3.05) is 0 Å². The van der Waals surface area contributed by atoms with Gasteiger partial charge in [0.1, 0.15) is 0 Å². The van der Waals surface area contributed by atoms with Gasteiger partial charge in [-0.05, 0) is 40.2 Å². The van der Waals surface area contributed by atoms with E-state index >= 15 is 0 Å². The van der Waals surface area contributed by atoms with Crippen LogP contribution in [0.15, 0.2) is 84.5 Å². The molecule has 0 N–H and O–H groups in total.